The SMILES string of the molecule is CCCS(=O)(=O)N1CCN(S(=O)(=O)c2ccc(F)cc2)C1C(=O)NC1CCC(N)CC1. The summed E-state index contributed by atoms with van der Waals surface area (Å²) in [4.78, 5) is 13.0. The summed E-state index contributed by atoms with van der Waals surface area (Å²) in [6, 6.07) is 4.09. The third kappa shape index (κ3) is 5.25. The molecule has 3 rings (SSSR count). The molecule has 1 aliphatic carbocycles. The van der Waals surface area contributed by atoms with Gasteiger partial charge in [-0.2, -0.15) is 8.61 Å². The maximum atomic E-state index is 13.3. The number of amides is 1. The molecular formula is C19H29FN4O5S2. The molecule has 0 aromatic heterocycles. The van der Waals surface area contributed by atoms with Crippen LogP contribution in [0.5, 0.6) is 0 Å². The first-order chi connectivity index (χ1) is 14.6. The second-order valence-corrected chi connectivity index (χ2v) is 11.9. The lowest BCUT2D eigenvalue weighted by molar-refractivity contribution is -0.127. The topological polar surface area (TPSA) is 130 Å². The van der Waals surface area contributed by atoms with Crippen LogP contribution in [0.2, 0.25) is 0 Å². The molecule has 1 aromatic carbocycles. The predicted molar refractivity (Wildman–Crippen MR) is 113 cm³/mol. The van der Waals surface area contributed by atoms with Gasteiger partial charge in [0.15, 0.2) is 6.17 Å². The summed E-state index contributed by atoms with van der Waals surface area (Å²) >= 11 is 0. The van der Waals surface area contributed by atoms with E-state index < -0.39 is 37.9 Å². The lowest BCUT2D eigenvalue weighted by Gasteiger charge is -2.32. The van der Waals surface area contributed by atoms with E-state index in [0.29, 0.717) is 19.3 Å². The Balaban J connectivity index is 1.92. The van der Waals surface area contributed by atoms with Crippen molar-refractivity contribution in [3.63, 3.8) is 0 Å². The number of nitrogens with zero attached hydrogens (tertiary/aromatic N) is 2. The summed E-state index contributed by atoms with van der Waals surface area (Å²) in [6.07, 6.45) is 1.55. The first-order valence-corrected chi connectivity index (χ1v) is 13.4. The number of hydrogen-bond acceptors (Lipinski definition) is 6. The van der Waals surface area contributed by atoms with Gasteiger partial charge in [-0.25, -0.2) is 21.2 Å². The normalized spacial score (nSPS) is 26.1. The zero-order valence-electron chi connectivity index (χ0n) is 17.4. The van der Waals surface area contributed by atoms with Gasteiger partial charge in [-0.1, -0.05) is 6.92 Å². The van der Waals surface area contributed by atoms with Crippen molar-refractivity contribution in [2.75, 3.05) is 18.8 Å². The van der Waals surface area contributed by atoms with E-state index in [4.69, 9.17) is 5.73 Å². The molecule has 0 spiro atoms. The fraction of sp³-hybridized carbons (Fsp3) is 0.632. The van der Waals surface area contributed by atoms with E-state index in [1.165, 1.54) is 0 Å². The van der Waals surface area contributed by atoms with Crippen LogP contribution in [-0.2, 0) is 24.8 Å². The van der Waals surface area contributed by atoms with Crippen molar-refractivity contribution in [2.24, 2.45) is 5.73 Å². The summed E-state index contributed by atoms with van der Waals surface area (Å²) in [5.74, 6) is -1.47. The summed E-state index contributed by atoms with van der Waals surface area (Å²) in [6.45, 7) is 1.40. The summed E-state index contributed by atoms with van der Waals surface area (Å²) in [5, 5.41) is 2.82. The molecule has 1 unspecified atom stereocenters. The van der Waals surface area contributed by atoms with Crippen molar-refractivity contribution in [2.45, 2.75) is 62.2 Å². The molecule has 0 radical (unpaired) electrons. The van der Waals surface area contributed by atoms with Crippen LogP contribution in [0, 0.1) is 5.82 Å². The quantitative estimate of drug-likeness (QED) is 0.592. The van der Waals surface area contributed by atoms with Gasteiger partial charge in [0.2, 0.25) is 20.0 Å². The molecule has 2 aliphatic rings. The van der Waals surface area contributed by atoms with Gasteiger partial charge in [-0.3, -0.25) is 4.79 Å². The minimum Gasteiger partial charge on any atom is -0.351 e. The molecule has 1 heterocycles. The van der Waals surface area contributed by atoms with E-state index in [9.17, 15) is 26.0 Å². The Morgan fingerprint density at radius 1 is 1.06 bits per heavy atom. The zero-order chi connectivity index (χ0) is 22.8. The Labute approximate surface area is 182 Å². The number of rotatable bonds is 7. The van der Waals surface area contributed by atoms with Crippen LogP contribution in [0.3, 0.4) is 0 Å². The molecular weight excluding hydrogens is 447 g/mol. The van der Waals surface area contributed by atoms with E-state index in [2.05, 4.69) is 5.32 Å². The highest BCUT2D eigenvalue weighted by molar-refractivity contribution is 7.90. The number of sulfonamides is 2. The van der Waals surface area contributed by atoms with E-state index in [0.717, 1.165) is 45.7 Å². The highest BCUT2D eigenvalue weighted by Crippen LogP contribution is 2.28. The highest BCUT2D eigenvalue weighted by atomic mass is 32.2. The monoisotopic (exact) mass is 476 g/mol. The standard InChI is InChI=1S/C19H29FN4O5S2/c1-2-13-30(26,27)23-11-12-24(31(28,29)17-9-3-14(20)4-10-17)19(23)18(25)22-16-7-5-15(21)6-8-16/h3-4,9-10,15-16,19H,2,5-8,11-13,21H2,1H3,(H,22,25). The zero-order valence-corrected chi connectivity index (χ0v) is 19.0. The number of carbonyl (C=O) groups is 1. The maximum absolute atomic E-state index is 13.3. The Hall–Kier alpha value is -1.60. The molecule has 1 saturated heterocycles. The second kappa shape index (κ2) is 9.49. The van der Waals surface area contributed by atoms with Gasteiger partial charge in [0, 0.05) is 25.2 Å². The smallest absolute Gasteiger partial charge is 0.254 e. The molecule has 0 bridgehead atoms. The van der Waals surface area contributed by atoms with E-state index >= 15 is 0 Å². The second-order valence-electron chi connectivity index (χ2n) is 7.99. The van der Waals surface area contributed by atoms with Gasteiger partial charge in [0.05, 0.1) is 10.6 Å². The molecule has 31 heavy (non-hydrogen) atoms. The van der Waals surface area contributed by atoms with E-state index in [-0.39, 0.29) is 35.8 Å². The van der Waals surface area contributed by atoms with E-state index in [1.807, 2.05) is 0 Å². The largest absolute Gasteiger partial charge is 0.351 e. The average Bonchev–Trinajstić information content (AvgIpc) is 3.17. The highest BCUT2D eigenvalue weighted by Gasteiger charge is 2.49. The van der Waals surface area contributed by atoms with Crippen LogP contribution in [0.15, 0.2) is 29.2 Å². The predicted octanol–water partition coefficient (Wildman–Crippen LogP) is 0.584. The summed E-state index contributed by atoms with van der Waals surface area (Å²) < 4.78 is 67.1. The summed E-state index contributed by atoms with van der Waals surface area (Å²) in [7, 11) is -8.08. The van der Waals surface area contributed by atoms with Crippen molar-refractivity contribution in [3.05, 3.63) is 30.1 Å². The van der Waals surface area contributed by atoms with Gasteiger partial charge in [-0.05, 0) is 56.4 Å². The third-order valence-electron chi connectivity index (χ3n) is 5.68. The van der Waals surface area contributed by atoms with Gasteiger partial charge < -0.3 is 11.1 Å². The number of benzene rings is 1. The van der Waals surface area contributed by atoms with Crippen LogP contribution < -0.4 is 11.1 Å². The molecule has 1 aliphatic heterocycles. The van der Waals surface area contributed by atoms with Crippen molar-refractivity contribution in [1.82, 2.24) is 13.9 Å². The van der Waals surface area contributed by atoms with Crippen molar-refractivity contribution >= 4 is 26.0 Å². The van der Waals surface area contributed by atoms with Gasteiger partial charge >= 0.3 is 0 Å². The third-order valence-corrected chi connectivity index (χ3v) is 9.57. The van der Waals surface area contributed by atoms with E-state index in [1.54, 1.807) is 6.92 Å². The first kappa shape index (κ1) is 24.1. The molecule has 1 aromatic rings. The van der Waals surface area contributed by atoms with Gasteiger partial charge in [0.25, 0.3) is 5.91 Å². The van der Waals surface area contributed by atoms with Gasteiger partial charge in [-0.15, -0.1) is 0 Å². The molecule has 2 fully saturated rings. The Bertz CT molecular complexity index is 993. The van der Waals surface area contributed by atoms with Crippen molar-refractivity contribution in [1.29, 1.82) is 0 Å². The number of hydrogen-bond donors (Lipinski definition) is 2. The number of carbonyl (C=O) groups excluding carboxylic acids is 1. The lowest BCUT2D eigenvalue weighted by atomic mass is 9.92. The van der Waals surface area contributed by atoms with Crippen LogP contribution in [0.25, 0.3) is 0 Å². The van der Waals surface area contributed by atoms with Crippen molar-refractivity contribution < 1.29 is 26.0 Å². The molecule has 1 atom stereocenters. The first-order valence-electron chi connectivity index (χ1n) is 10.4. The van der Waals surface area contributed by atoms with Crippen LogP contribution in [0.1, 0.15) is 39.0 Å². The van der Waals surface area contributed by atoms with Crippen LogP contribution >= 0.6 is 0 Å². The van der Waals surface area contributed by atoms with Crippen molar-refractivity contribution in [3.8, 4) is 0 Å². The van der Waals surface area contributed by atoms with Gasteiger partial charge in [0.1, 0.15) is 5.82 Å². The maximum Gasteiger partial charge on any atom is 0.254 e. The van der Waals surface area contributed by atoms with Crippen LogP contribution in [-0.4, -0.2) is 68.4 Å². The number of nitrogens with two attached hydrogens (primary N) is 1. The summed E-state index contributed by atoms with van der Waals surface area (Å²) in [5.41, 5.74) is 5.90. The lowest BCUT2D eigenvalue weighted by Crippen LogP contribution is -2.56. The number of nitrogens with one attached hydrogen (secondary N) is 1. The molecule has 1 saturated carbocycles. The Kier molecular flexibility index (Phi) is 7.36. The Morgan fingerprint density at radius 3 is 2.23 bits per heavy atom. The Morgan fingerprint density at radius 2 is 1.65 bits per heavy atom. The average molecular weight is 477 g/mol. The van der Waals surface area contributed by atoms with Crippen LogP contribution in [0.4, 0.5) is 4.39 Å². The minimum atomic E-state index is -4.23. The number of halogens is 1. The molecule has 12 heteroatoms. The minimum absolute atomic E-state index is 0.0661. The fourth-order valence-corrected chi connectivity index (χ4v) is 7.28. The fourth-order valence-electron chi connectivity index (χ4n) is 4.05. The molecule has 1 amide bonds. The molecule has 3 N–H and O–H groups in total. The molecule has 174 valence electrons. The molecule has 9 nitrogen and oxygen atoms in total.